The second kappa shape index (κ2) is 18.4. The van der Waals surface area contributed by atoms with Crippen molar-refractivity contribution in [3.63, 3.8) is 0 Å². The highest BCUT2D eigenvalue weighted by molar-refractivity contribution is 7.85. The predicted molar refractivity (Wildman–Crippen MR) is 134 cm³/mol. The van der Waals surface area contributed by atoms with Gasteiger partial charge in [-0.05, 0) is 25.0 Å². The van der Waals surface area contributed by atoms with Crippen molar-refractivity contribution in [1.82, 2.24) is 0 Å². The maximum Gasteiger partial charge on any atom is 0.339 e. The first-order chi connectivity index (χ1) is 16.3. The van der Waals surface area contributed by atoms with E-state index in [1.807, 2.05) is 0 Å². The van der Waals surface area contributed by atoms with E-state index >= 15 is 0 Å². The van der Waals surface area contributed by atoms with Crippen LogP contribution in [-0.4, -0.2) is 43.9 Å². The van der Waals surface area contributed by atoms with Crippen molar-refractivity contribution >= 4 is 22.1 Å². The summed E-state index contributed by atoms with van der Waals surface area (Å²) in [7, 11) is -4.10. The van der Waals surface area contributed by atoms with E-state index in [9.17, 15) is 18.0 Å². The van der Waals surface area contributed by atoms with Crippen LogP contribution in [0.3, 0.4) is 0 Å². The minimum Gasteiger partial charge on any atom is -0.462 e. The Bertz CT molecular complexity index is 805. The van der Waals surface area contributed by atoms with Crippen LogP contribution >= 0.6 is 0 Å². The molecule has 1 rings (SSSR count). The largest absolute Gasteiger partial charge is 0.462 e. The summed E-state index contributed by atoms with van der Waals surface area (Å²) in [5.74, 6) is -1.81. The summed E-state index contributed by atoms with van der Waals surface area (Å²) < 4.78 is 40.5. The van der Waals surface area contributed by atoms with Crippen molar-refractivity contribution < 1.29 is 32.0 Å². The summed E-state index contributed by atoms with van der Waals surface area (Å²) in [6.45, 7) is 2.36. The van der Waals surface area contributed by atoms with Crippen molar-refractivity contribution in [3.05, 3.63) is 35.4 Å². The van der Waals surface area contributed by atoms with Gasteiger partial charge in [0, 0.05) is 0 Å². The molecule has 0 aliphatic heterocycles. The molecule has 0 atom stereocenters. The maximum atomic E-state index is 12.4. The Morgan fingerprint density at radius 2 is 1.06 bits per heavy atom. The van der Waals surface area contributed by atoms with E-state index in [1.54, 1.807) is 12.1 Å². The van der Waals surface area contributed by atoms with Crippen LogP contribution in [0.4, 0.5) is 0 Å². The number of hydrogen-bond acceptors (Lipinski definition) is 6. The first-order valence-corrected chi connectivity index (χ1v) is 14.3. The first kappa shape index (κ1) is 30.1. The Labute approximate surface area is 205 Å². The van der Waals surface area contributed by atoms with Gasteiger partial charge in [-0.1, -0.05) is 96.1 Å². The van der Waals surface area contributed by atoms with Crippen molar-refractivity contribution in [2.75, 3.05) is 19.0 Å². The zero-order valence-electron chi connectivity index (χ0n) is 20.6. The van der Waals surface area contributed by atoms with Gasteiger partial charge in [0.15, 0.2) is 0 Å². The molecule has 0 saturated carbocycles. The minimum atomic E-state index is -4.10. The number of carbonyl (C=O) groups is 2. The molecule has 194 valence electrons. The molecule has 0 unspecified atom stereocenters. The average Bonchev–Trinajstić information content (AvgIpc) is 2.81. The smallest absolute Gasteiger partial charge is 0.339 e. The zero-order valence-corrected chi connectivity index (χ0v) is 21.5. The van der Waals surface area contributed by atoms with Crippen molar-refractivity contribution in [2.24, 2.45) is 0 Å². The van der Waals surface area contributed by atoms with Crippen LogP contribution in [0, 0.1) is 0 Å². The molecule has 1 aromatic rings. The van der Waals surface area contributed by atoms with E-state index in [0.29, 0.717) is 6.61 Å². The molecule has 0 fully saturated rings. The molecule has 0 radical (unpaired) electrons. The molecular formula is C26H42O7S. The monoisotopic (exact) mass is 498 g/mol. The highest BCUT2D eigenvalue weighted by Gasteiger charge is 2.19. The third-order valence-corrected chi connectivity index (χ3v) is 6.43. The summed E-state index contributed by atoms with van der Waals surface area (Å²) in [6.07, 6.45) is 16.1. The van der Waals surface area contributed by atoms with Crippen molar-refractivity contribution in [1.29, 1.82) is 0 Å². The van der Waals surface area contributed by atoms with Crippen LogP contribution in [0.15, 0.2) is 24.3 Å². The number of unbranched alkanes of at least 4 members (excludes halogenated alkanes) is 12. The van der Waals surface area contributed by atoms with Crippen LogP contribution < -0.4 is 0 Å². The molecule has 0 saturated heterocycles. The Balaban J connectivity index is 2.17. The third-order valence-electron chi connectivity index (χ3n) is 5.63. The Morgan fingerprint density at radius 1 is 0.676 bits per heavy atom. The summed E-state index contributed by atoms with van der Waals surface area (Å²) in [4.78, 5) is 24.7. The zero-order chi connectivity index (χ0) is 25.1. The standard InChI is InChI=1S/C26H42O7S/c1-2-3-4-5-6-7-8-9-10-11-12-13-16-20-32-25(27)23-18-14-15-19-24(23)26(28)33-21-17-22-34(29,30)31/h14-15,18-19H,2-13,16-17,20-22H2,1H3,(H,29,30,31). The molecule has 0 spiro atoms. The van der Waals surface area contributed by atoms with Crippen LogP contribution in [0.2, 0.25) is 0 Å². The molecule has 0 aromatic heterocycles. The molecule has 0 aliphatic carbocycles. The fourth-order valence-corrected chi connectivity index (χ4v) is 4.17. The Hall–Kier alpha value is -1.93. The molecule has 1 aromatic carbocycles. The number of hydrogen-bond donors (Lipinski definition) is 1. The van der Waals surface area contributed by atoms with Gasteiger partial charge in [-0.25, -0.2) is 9.59 Å². The molecule has 1 N–H and O–H groups in total. The van der Waals surface area contributed by atoms with Crippen LogP contribution in [0.25, 0.3) is 0 Å². The number of benzene rings is 1. The van der Waals surface area contributed by atoms with Gasteiger partial charge in [0.05, 0.1) is 30.1 Å². The van der Waals surface area contributed by atoms with Crippen LogP contribution in [0.5, 0.6) is 0 Å². The quantitative estimate of drug-likeness (QED) is 0.126. The fraction of sp³-hybridized carbons (Fsp3) is 0.692. The van der Waals surface area contributed by atoms with Crippen LogP contribution in [-0.2, 0) is 19.6 Å². The highest BCUT2D eigenvalue weighted by Crippen LogP contribution is 2.14. The van der Waals surface area contributed by atoms with E-state index in [0.717, 1.165) is 19.3 Å². The number of carbonyl (C=O) groups excluding carboxylic acids is 2. The first-order valence-electron chi connectivity index (χ1n) is 12.7. The molecule has 0 heterocycles. The van der Waals surface area contributed by atoms with Gasteiger partial charge < -0.3 is 9.47 Å². The van der Waals surface area contributed by atoms with Gasteiger partial charge in [-0.15, -0.1) is 0 Å². The van der Waals surface area contributed by atoms with E-state index in [-0.39, 0.29) is 24.2 Å². The van der Waals surface area contributed by atoms with E-state index in [2.05, 4.69) is 6.92 Å². The number of rotatable bonds is 20. The molecule has 8 heteroatoms. The van der Waals surface area contributed by atoms with Gasteiger partial charge in [0.25, 0.3) is 10.1 Å². The van der Waals surface area contributed by atoms with E-state index in [1.165, 1.54) is 76.3 Å². The Morgan fingerprint density at radius 3 is 1.47 bits per heavy atom. The summed E-state index contributed by atoms with van der Waals surface area (Å²) in [6, 6.07) is 6.21. The molecule has 0 aliphatic rings. The summed E-state index contributed by atoms with van der Waals surface area (Å²) >= 11 is 0. The SMILES string of the molecule is CCCCCCCCCCCCCCCOC(=O)c1ccccc1C(=O)OCCCS(=O)(=O)O. The van der Waals surface area contributed by atoms with Crippen LogP contribution in [0.1, 0.15) is 118 Å². The predicted octanol–water partition coefficient (Wildman–Crippen LogP) is 6.37. The fourth-order valence-electron chi connectivity index (χ4n) is 3.69. The minimum absolute atomic E-state index is 0.0315. The molecule has 34 heavy (non-hydrogen) atoms. The normalized spacial score (nSPS) is 11.4. The van der Waals surface area contributed by atoms with E-state index in [4.69, 9.17) is 14.0 Å². The lowest BCUT2D eigenvalue weighted by Crippen LogP contribution is -2.16. The summed E-state index contributed by atoms with van der Waals surface area (Å²) in [5.41, 5.74) is 0.196. The lowest BCUT2D eigenvalue weighted by molar-refractivity contribution is 0.0454. The second-order valence-corrected chi connectivity index (χ2v) is 10.3. The highest BCUT2D eigenvalue weighted by atomic mass is 32.2. The second-order valence-electron chi connectivity index (χ2n) is 8.70. The molecule has 7 nitrogen and oxygen atoms in total. The van der Waals surface area contributed by atoms with Gasteiger partial charge >= 0.3 is 11.9 Å². The average molecular weight is 499 g/mol. The lowest BCUT2D eigenvalue weighted by Gasteiger charge is -2.10. The number of ether oxygens (including phenoxy) is 2. The number of esters is 2. The molecule has 0 bridgehead atoms. The van der Waals surface area contributed by atoms with Gasteiger partial charge in [-0.2, -0.15) is 8.42 Å². The maximum absolute atomic E-state index is 12.4. The third kappa shape index (κ3) is 15.1. The van der Waals surface area contributed by atoms with Gasteiger partial charge in [0.1, 0.15) is 0 Å². The van der Waals surface area contributed by atoms with Crippen molar-refractivity contribution in [3.8, 4) is 0 Å². The van der Waals surface area contributed by atoms with E-state index < -0.39 is 27.8 Å². The van der Waals surface area contributed by atoms with Crippen molar-refractivity contribution in [2.45, 2.75) is 96.8 Å². The topological polar surface area (TPSA) is 107 Å². The Kier molecular flexibility index (Phi) is 16.3. The summed E-state index contributed by atoms with van der Waals surface area (Å²) in [5, 5.41) is 0. The lowest BCUT2D eigenvalue weighted by atomic mass is 10.0. The van der Waals surface area contributed by atoms with Gasteiger partial charge in [-0.3, -0.25) is 4.55 Å². The molecule has 0 amide bonds. The molecular weight excluding hydrogens is 456 g/mol. The van der Waals surface area contributed by atoms with Gasteiger partial charge in [0.2, 0.25) is 0 Å².